The molecule has 0 amide bonds. The second-order valence-corrected chi connectivity index (χ2v) is 4.77. The first kappa shape index (κ1) is 11.8. The summed E-state index contributed by atoms with van der Waals surface area (Å²) >= 11 is 0. The monoisotopic (exact) mass is 229 g/mol. The molecule has 1 aromatic carbocycles. The third kappa shape index (κ3) is 1.96. The van der Waals surface area contributed by atoms with Crippen molar-refractivity contribution in [2.75, 3.05) is 0 Å². The summed E-state index contributed by atoms with van der Waals surface area (Å²) in [7, 11) is 0. The summed E-state index contributed by atoms with van der Waals surface area (Å²) in [6.07, 6.45) is 1.28. The van der Waals surface area contributed by atoms with E-state index < -0.39 is 11.5 Å². The van der Waals surface area contributed by atoms with Gasteiger partial charge in [-0.2, -0.15) is 0 Å². The van der Waals surface area contributed by atoms with Crippen LogP contribution in [0.1, 0.15) is 31.7 Å². The molecule has 3 nitrogen and oxygen atoms in total. The highest BCUT2D eigenvalue weighted by atomic mass is 16.3. The van der Waals surface area contributed by atoms with E-state index >= 15 is 0 Å². The molecule has 0 saturated heterocycles. The number of rotatable bonds is 1. The predicted octanol–water partition coefficient (Wildman–Crippen LogP) is 2.61. The molecule has 0 bridgehead atoms. The lowest BCUT2D eigenvalue weighted by molar-refractivity contribution is -0.135. The Bertz CT molecular complexity index is 489. The zero-order valence-electron chi connectivity index (χ0n) is 9.81. The second-order valence-electron chi connectivity index (χ2n) is 4.77. The van der Waals surface area contributed by atoms with E-state index in [1.54, 1.807) is 18.2 Å². The van der Waals surface area contributed by atoms with Gasteiger partial charge in [-0.3, -0.25) is 4.79 Å². The Kier molecular flexibility index (Phi) is 2.99. The molecular formula is C14H15NO2. The van der Waals surface area contributed by atoms with Gasteiger partial charge >= 0.3 is 0 Å². The lowest BCUT2D eigenvalue weighted by Gasteiger charge is -2.35. The fourth-order valence-electron chi connectivity index (χ4n) is 2.48. The average Bonchev–Trinajstić information content (AvgIpc) is 2.36. The Labute approximate surface area is 101 Å². The Morgan fingerprint density at radius 3 is 3.00 bits per heavy atom. The third-order valence-electron chi connectivity index (χ3n) is 3.61. The minimum atomic E-state index is -0.856. The molecule has 1 N–H and O–H groups in total. The van der Waals surface area contributed by atoms with Crippen LogP contribution in [-0.2, 0) is 10.2 Å². The Balaban J connectivity index is 2.43. The maximum absolute atomic E-state index is 12.1. The van der Waals surface area contributed by atoms with E-state index in [1.165, 1.54) is 0 Å². The van der Waals surface area contributed by atoms with Crippen molar-refractivity contribution in [1.29, 1.82) is 0 Å². The van der Waals surface area contributed by atoms with E-state index in [0.717, 1.165) is 18.4 Å². The number of Topliss-reactive ketones (excluding diaryl/α,β-unsaturated/α-hetero) is 1. The van der Waals surface area contributed by atoms with Crippen molar-refractivity contribution in [1.82, 2.24) is 0 Å². The Morgan fingerprint density at radius 1 is 1.53 bits per heavy atom. The van der Waals surface area contributed by atoms with Crippen LogP contribution < -0.4 is 0 Å². The highest BCUT2D eigenvalue weighted by Crippen LogP contribution is 2.37. The molecule has 1 aliphatic carbocycles. The second kappa shape index (κ2) is 4.31. The number of hydrogen-bond acceptors (Lipinski definition) is 2. The first-order valence-corrected chi connectivity index (χ1v) is 5.78. The van der Waals surface area contributed by atoms with Crippen LogP contribution in [0.25, 0.3) is 4.85 Å². The van der Waals surface area contributed by atoms with Crippen molar-refractivity contribution in [3.8, 4) is 0 Å². The molecule has 0 aliphatic heterocycles. The number of carbonyl (C=O) groups excluding carboxylic acids is 1. The molecule has 1 fully saturated rings. The lowest BCUT2D eigenvalue weighted by Crippen LogP contribution is -2.43. The van der Waals surface area contributed by atoms with Gasteiger partial charge in [-0.15, -0.1) is 0 Å². The van der Waals surface area contributed by atoms with Crippen molar-refractivity contribution in [3.05, 3.63) is 41.2 Å². The van der Waals surface area contributed by atoms with Gasteiger partial charge in [0.15, 0.2) is 11.5 Å². The topological polar surface area (TPSA) is 41.7 Å². The van der Waals surface area contributed by atoms with E-state index in [0.29, 0.717) is 12.1 Å². The zero-order valence-corrected chi connectivity index (χ0v) is 9.81. The molecule has 1 aromatic rings. The fraction of sp³-hybridized carbons (Fsp3) is 0.429. The van der Waals surface area contributed by atoms with E-state index in [2.05, 4.69) is 4.85 Å². The predicted molar refractivity (Wildman–Crippen MR) is 64.9 cm³/mol. The molecule has 0 aromatic heterocycles. The van der Waals surface area contributed by atoms with Crippen LogP contribution in [0.2, 0.25) is 0 Å². The fourth-order valence-corrected chi connectivity index (χ4v) is 2.48. The van der Waals surface area contributed by atoms with Crippen molar-refractivity contribution in [3.63, 3.8) is 0 Å². The van der Waals surface area contributed by atoms with Crippen molar-refractivity contribution < 1.29 is 9.90 Å². The quantitative estimate of drug-likeness (QED) is 0.752. The highest BCUT2D eigenvalue weighted by molar-refractivity contribution is 5.94. The summed E-state index contributed by atoms with van der Waals surface area (Å²) in [6, 6.07) is 7.14. The van der Waals surface area contributed by atoms with Gasteiger partial charge in [-0.1, -0.05) is 24.3 Å². The van der Waals surface area contributed by atoms with Gasteiger partial charge in [0.25, 0.3) is 0 Å². The number of hydrogen-bond donors (Lipinski definition) is 1. The third-order valence-corrected chi connectivity index (χ3v) is 3.61. The summed E-state index contributed by atoms with van der Waals surface area (Å²) < 4.78 is 0. The zero-order chi connectivity index (χ0) is 12.5. The smallest absolute Gasteiger partial charge is 0.187 e. The minimum Gasteiger partial charge on any atom is -0.385 e. The van der Waals surface area contributed by atoms with Crippen LogP contribution in [0, 0.1) is 6.57 Å². The number of aliphatic hydroxyl groups excluding tert-OH is 1. The maximum atomic E-state index is 12.1. The molecule has 17 heavy (non-hydrogen) atoms. The molecule has 1 saturated carbocycles. The number of carbonyl (C=O) groups is 1. The molecular weight excluding hydrogens is 214 g/mol. The van der Waals surface area contributed by atoms with E-state index in [1.807, 2.05) is 13.0 Å². The molecule has 2 rings (SSSR count). The molecule has 1 aliphatic rings. The van der Waals surface area contributed by atoms with Crippen LogP contribution in [0.5, 0.6) is 0 Å². The average molecular weight is 229 g/mol. The van der Waals surface area contributed by atoms with E-state index in [4.69, 9.17) is 6.57 Å². The standard InChI is InChI=1S/C14H15NO2/c1-14(8-4-7-12(16)13(14)17)10-5-3-6-11(9-10)15-2/h3,5-6,9,12,16H,4,7-8H2,1H3. The van der Waals surface area contributed by atoms with Crippen molar-refractivity contribution in [2.24, 2.45) is 0 Å². The Morgan fingerprint density at radius 2 is 2.29 bits per heavy atom. The number of aliphatic hydroxyl groups is 1. The minimum absolute atomic E-state index is 0.120. The van der Waals surface area contributed by atoms with Gasteiger partial charge in [-0.05, 0) is 31.7 Å². The van der Waals surface area contributed by atoms with E-state index in [-0.39, 0.29) is 5.78 Å². The summed E-state index contributed by atoms with van der Waals surface area (Å²) in [6.45, 7) is 8.86. The van der Waals surface area contributed by atoms with Gasteiger partial charge in [0.1, 0.15) is 6.10 Å². The van der Waals surface area contributed by atoms with Crippen LogP contribution in [0.15, 0.2) is 24.3 Å². The summed E-state index contributed by atoms with van der Waals surface area (Å²) in [4.78, 5) is 15.5. The molecule has 0 spiro atoms. The number of benzene rings is 1. The van der Waals surface area contributed by atoms with Gasteiger partial charge in [0.05, 0.1) is 12.0 Å². The summed E-state index contributed by atoms with van der Waals surface area (Å²) in [5.41, 5.74) is 0.740. The molecule has 3 heteroatoms. The van der Waals surface area contributed by atoms with Crippen LogP contribution >= 0.6 is 0 Å². The van der Waals surface area contributed by atoms with E-state index in [9.17, 15) is 9.90 Å². The SMILES string of the molecule is [C-]#[N+]c1cccc(C2(C)CCCC(O)C2=O)c1. The van der Waals surface area contributed by atoms with Crippen molar-refractivity contribution >= 4 is 11.5 Å². The van der Waals surface area contributed by atoms with Crippen LogP contribution in [0.3, 0.4) is 0 Å². The van der Waals surface area contributed by atoms with Gasteiger partial charge < -0.3 is 5.11 Å². The summed E-state index contributed by atoms with van der Waals surface area (Å²) in [5.74, 6) is -0.120. The van der Waals surface area contributed by atoms with Gasteiger partial charge in [0.2, 0.25) is 0 Å². The largest absolute Gasteiger partial charge is 0.385 e. The summed E-state index contributed by atoms with van der Waals surface area (Å²) in [5, 5.41) is 9.69. The molecule has 0 heterocycles. The maximum Gasteiger partial charge on any atom is 0.187 e. The molecule has 88 valence electrons. The van der Waals surface area contributed by atoms with Crippen LogP contribution in [-0.4, -0.2) is 17.0 Å². The first-order valence-electron chi connectivity index (χ1n) is 5.78. The van der Waals surface area contributed by atoms with Crippen LogP contribution in [0.4, 0.5) is 5.69 Å². The number of ketones is 1. The van der Waals surface area contributed by atoms with Gasteiger partial charge in [-0.25, -0.2) is 4.85 Å². The van der Waals surface area contributed by atoms with Gasteiger partial charge in [0, 0.05) is 0 Å². The lowest BCUT2D eigenvalue weighted by atomic mass is 9.69. The highest BCUT2D eigenvalue weighted by Gasteiger charge is 2.41. The normalized spacial score (nSPS) is 28.8. The molecule has 2 unspecified atom stereocenters. The van der Waals surface area contributed by atoms with Crippen molar-refractivity contribution in [2.45, 2.75) is 37.7 Å². The molecule has 2 atom stereocenters. The Hall–Kier alpha value is -1.66. The first-order chi connectivity index (χ1) is 8.08. The number of nitrogens with zero attached hydrogens (tertiary/aromatic N) is 1. The molecule has 0 radical (unpaired) electrons.